The maximum atomic E-state index is 12.9. The Kier molecular flexibility index (Phi) is 8.12. The van der Waals surface area contributed by atoms with E-state index in [1.54, 1.807) is 20.8 Å². The minimum atomic E-state index is -4.87. The smallest absolute Gasteiger partial charge is 0.374 e. The fourth-order valence-corrected chi connectivity index (χ4v) is 5.06. The molecule has 0 saturated carbocycles. The van der Waals surface area contributed by atoms with Crippen LogP contribution in [0.5, 0.6) is 0 Å². The first-order valence-corrected chi connectivity index (χ1v) is 10.1. The fraction of sp³-hybridized carbons (Fsp3) is 0.625. The van der Waals surface area contributed by atoms with Crippen LogP contribution in [0.2, 0.25) is 6.04 Å². The number of hydrogen-bond donors (Lipinski definition) is 0. The molecule has 0 unspecified atom stereocenters. The van der Waals surface area contributed by atoms with E-state index < -0.39 is 32.3 Å². The van der Waals surface area contributed by atoms with Crippen LogP contribution in [0.1, 0.15) is 37.5 Å². The topological polar surface area (TPSA) is 27.7 Å². The molecule has 0 saturated heterocycles. The Balaban J connectivity index is 3.17. The second-order valence-electron chi connectivity index (χ2n) is 5.40. The van der Waals surface area contributed by atoms with E-state index in [0.717, 1.165) is 12.1 Å². The Morgan fingerprint density at radius 3 is 1.42 bits per heavy atom. The van der Waals surface area contributed by atoms with Gasteiger partial charge in [0.05, 0.1) is 11.1 Å². The second kappa shape index (κ2) is 9.20. The van der Waals surface area contributed by atoms with Gasteiger partial charge in [0.2, 0.25) is 0 Å². The molecule has 1 aromatic carbocycles. The SMILES string of the molecule is CCO[Si](CCc1cc(C(F)(F)F)cc(C(F)(F)F)c1)(OCC)OCC. The molecule has 0 spiro atoms. The van der Waals surface area contributed by atoms with Crippen LogP contribution in [0.3, 0.4) is 0 Å². The molecule has 26 heavy (non-hydrogen) atoms. The quantitative estimate of drug-likeness (QED) is 0.412. The van der Waals surface area contributed by atoms with Crippen molar-refractivity contribution in [1.29, 1.82) is 0 Å². The van der Waals surface area contributed by atoms with Gasteiger partial charge in [-0.05, 0) is 51.0 Å². The molecule has 0 bridgehead atoms. The normalized spacial score (nSPS) is 13.3. The van der Waals surface area contributed by atoms with E-state index in [1.807, 2.05) is 0 Å². The monoisotopic (exact) mass is 404 g/mol. The number of halogens is 6. The Morgan fingerprint density at radius 1 is 0.731 bits per heavy atom. The third kappa shape index (κ3) is 6.56. The summed E-state index contributed by atoms with van der Waals surface area (Å²) in [6, 6.07) is 1.64. The highest BCUT2D eigenvalue weighted by molar-refractivity contribution is 6.60. The highest BCUT2D eigenvalue weighted by atomic mass is 28.4. The van der Waals surface area contributed by atoms with Crippen molar-refractivity contribution in [1.82, 2.24) is 0 Å². The first kappa shape index (κ1) is 22.9. The molecule has 0 radical (unpaired) electrons. The molecule has 0 N–H and O–H groups in total. The highest BCUT2D eigenvalue weighted by Crippen LogP contribution is 2.36. The Bertz CT molecular complexity index is 525. The van der Waals surface area contributed by atoms with E-state index in [1.165, 1.54) is 0 Å². The maximum Gasteiger partial charge on any atom is 0.501 e. The Hall–Kier alpha value is -1.10. The van der Waals surface area contributed by atoms with E-state index in [0.29, 0.717) is 0 Å². The van der Waals surface area contributed by atoms with Crippen molar-refractivity contribution in [3.05, 3.63) is 34.9 Å². The van der Waals surface area contributed by atoms with Crippen molar-refractivity contribution in [2.75, 3.05) is 19.8 Å². The lowest BCUT2D eigenvalue weighted by molar-refractivity contribution is -0.143. The summed E-state index contributed by atoms with van der Waals surface area (Å²) < 4.78 is 94.4. The minimum absolute atomic E-state index is 0.0841. The fourth-order valence-electron chi connectivity index (χ4n) is 2.46. The molecule has 3 nitrogen and oxygen atoms in total. The van der Waals surface area contributed by atoms with Crippen LogP contribution in [0.4, 0.5) is 26.3 Å². The van der Waals surface area contributed by atoms with Crippen molar-refractivity contribution in [3.63, 3.8) is 0 Å². The van der Waals surface area contributed by atoms with Crippen LogP contribution < -0.4 is 0 Å². The number of rotatable bonds is 9. The van der Waals surface area contributed by atoms with Gasteiger partial charge in [0.15, 0.2) is 0 Å². The van der Waals surface area contributed by atoms with E-state index >= 15 is 0 Å². The molecule has 0 heterocycles. The van der Waals surface area contributed by atoms with Gasteiger partial charge in [-0.15, -0.1) is 0 Å². The number of hydrogen-bond acceptors (Lipinski definition) is 3. The molecule has 0 fully saturated rings. The number of aryl methyl sites for hydroxylation is 1. The van der Waals surface area contributed by atoms with Crippen molar-refractivity contribution >= 4 is 8.80 Å². The van der Waals surface area contributed by atoms with Gasteiger partial charge in [-0.3, -0.25) is 0 Å². The van der Waals surface area contributed by atoms with Gasteiger partial charge in [-0.25, -0.2) is 0 Å². The van der Waals surface area contributed by atoms with E-state index in [2.05, 4.69) is 0 Å². The standard InChI is InChI=1S/C16H22F6O3Si/c1-4-23-26(24-5-2,25-6-3)8-7-12-9-13(15(17,18)19)11-14(10-12)16(20,21)22/h9-11H,4-8H2,1-3H3. The molecule has 1 rings (SSSR count). The average Bonchev–Trinajstić information content (AvgIpc) is 2.52. The van der Waals surface area contributed by atoms with Crippen LogP contribution in [-0.4, -0.2) is 28.6 Å². The summed E-state index contributed by atoms with van der Waals surface area (Å²) in [5, 5.41) is 0. The van der Waals surface area contributed by atoms with Crippen LogP contribution in [0, 0.1) is 0 Å². The van der Waals surface area contributed by atoms with Crippen LogP contribution >= 0.6 is 0 Å². The van der Waals surface area contributed by atoms with E-state index in [9.17, 15) is 26.3 Å². The molecule has 1 aromatic rings. The zero-order valence-electron chi connectivity index (χ0n) is 14.8. The van der Waals surface area contributed by atoms with Crippen molar-refractivity contribution in [2.24, 2.45) is 0 Å². The third-order valence-electron chi connectivity index (χ3n) is 3.46. The van der Waals surface area contributed by atoms with Crippen molar-refractivity contribution < 1.29 is 39.6 Å². The van der Waals surface area contributed by atoms with Crippen LogP contribution in [0.15, 0.2) is 18.2 Å². The molecule has 0 atom stereocenters. The molecule has 0 amide bonds. The van der Waals surface area contributed by atoms with Gasteiger partial charge < -0.3 is 13.3 Å². The summed E-state index contributed by atoms with van der Waals surface area (Å²) in [6.45, 7) is 5.94. The summed E-state index contributed by atoms with van der Waals surface area (Å²) in [5.74, 6) is 0. The first-order chi connectivity index (χ1) is 12.0. The predicted octanol–water partition coefficient (Wildman–Crippen LogP) is 5.32. The summed E-state index contributed by atoms with van der Waals surface area (Å²) >= 11 is 0. The number of benzene rings is 1. The summed E-state index contributed by atoms with van der Waals surface area (Å²) in [4.78, 5) is 0. The molecule has 0 aromatic heterocycles. The third-order valence-corrected chi connectivity index (χ3v) is 6.51. The predicted molar refractivity (Wildman–Crippen MR) is 85.6 cm³/mol. The largest absolute Gasteiger partial charge is 0.501 e. The molecule has 0 aliphatic heterocycles. The van der Waals surface area contributed by atoms with Gasteiger partial charge in [-0.1, -0.05) is 0 Å². The van der Waals surface area contributed by atoms with Gasteiger partial charge in [0.25, 0.3) is 0 Å². The summed E-state index contributed by atoms with van der Waals surface area (Å²) in [5.41, 5.74) is -2.76. The zero-order valence-corrected chi connectivity index (χ0v) is 15.8. The molecular weight excluding hydrogens is 382 g/mol. The maximum absolute atomic E-state index is 12.9. The molecule has 150 valence electrons. The first-order valence-electron chi connectivity index (χ1n) is 8.17. The molecular formula is C16H22F6O3Si. The zero-order chi connectivity index (χ0) is 20.0. The highest BCUT2D eigenvalue weighted by Gasteiger charge is 2.41. The van der Waals surface area contributed by atoms with Gasteiger partial charge in [0, 0.05) is 25.9 Å². The van der Waals surface area contributed by atoms with Crippen LogP contribution in [-0.2, 0) is 32.1 Å². The molecule has 10 heteroatoms. The van der Waals surface area contributed by atoms with Crippen LogP contribution in [0.25, 0.3) is 0 Å². The lowest BCUT2D eigenvalue weighted by Gasteiger charge is -2.28. The lowest BCUT2D eigenvalue weighted by atomic mass is 10.0. The molecule has 0 aliphatic carbocycles. The van der Waals surface area contributed by atoms with Gasteiger partial charge in [-0.2, -0.15) is 26.3 Å². The summed E-state index contributed by atoms with van der Waals surface area (Å²) in [7, 11) is -3.17. The van der Waals surface area contributed by atoms with Gasteiger partial charge in [0.1, 0.15) is 0 Å². The molecule has 0 aliphatic rings. The second-order valence-corrected chi connectivity index (χ2v) is 8.13. The lowest BCUT2D eigenvalue weighted by Crippen LogP contribution is -2.46. The Labute approximate surface area is 149 Å². The minimum Gasteiger partial charge on any atom is -0.374 e. The van der Waals surface area contributed by atoms with Gasteiger partial charge >= 0.3 is 21.2 Å². The number of alkyl halides is 6. The van der Waals surface area contributed by atoms with E-state index in [-0.39, 0.29) is 43.9 Å². The van der Waals surface area contributed by atoms with Crippen molar-refractivity contribution in [2.45, 2.75) is 45.6 Å². The van der Waals surface area contributed by atoms with Crippen molar-refractivity contribution in [3.8, 4) is 0 Å². The summed E-state index contributed by atoms with van der Waals surface area (Å²) in [6.07, 6.45) is -9.83. The van der Waals surface area contributed by atoms with E-state index in [4.69, 9.17) is 13.3 Å². The average molecular weight is 404 g/mol. The Morgan fingerprint density at radius 2 is 1.12 bits per heavy atom.